The Morgan fingerprint density at radius 3 is 2.31 bits per heavy atom. The molecule has 4 fully saturated rings. The fraction of sp³-hybridized carbons (Fsp3) is 0.654. The number of nitrogens with zero attached hydrogens (tertiary/aromatic N) is 4. The van der Waals surface area contributed by atoms with E-state index in [-0.39, 0.29) is 35.7 Å². The van der Waals surface area contributed by atoms with E-state index in [1.807, 2.05) is 17.0 Å². The number of amides is 2. The molecule has 190 valence electrons. The molecule has 0 N–H and O–H groups in total. The van der Waals surface area contributed by atoms with Gasteiger partial charge in [-0.3, -0.25) is 19.3 Å². The standard InChI is InChI=1S/C26H35FN4O4/c1-19(32)31-11-7-23(31)24(33)30-12-8-26(9-13-30)18-22(35-25(26)34)6-10-28-14-16-29(17-15-28)21-4-2-20(27)3-5-21/h2-5,22-23H,6-18H2,1H3/t22-,23+/m0/s1. The molecule has 9 heteroatoms. The Labute approximate surface area is 206 Å². The molecule has 35 heavy (non-hydrogen) atoms. The number of carbonyl (C=O) groups is 3. The molecule has 0 saturated carbocycles. The van der Waals surface area contributed by atoms with Crippen molar-refractivity contribution >= 4 is 23.5 Å². The summed E-state index contributed by atoms with van der Waals surface area (Å²) < 4.78 is 19.0. The van der Waals surface area contributed by atoms with Crippen molar-refractivity contribution in [2.24, 2.45) is 5.41 Å². The zero-order valence-electron chi connectivity index (χ0n) is 20.5. The van der Waals surface area contributed by atoms with E-state index < -0.39 is 5.41 Å². The van der Waals surface area contributed by atoms with Crippen LogP contribution in [0.25, 0.3) is 0 Å². The smallest absolute Gasteiger partial charge is 0.312 e. The molecule has 2 atom stereocenters. The first kappa shape index (κ1) is 24.0. The van der Waals surface area contributed by atoms with E-state index in [4.69, 9.17) is 4.74 Å². The summed E-state index contributed by atoms with van der Waals surface area (Å²) in [5.41, 5.74) is 0.580. The van der Waals surface area contributed by atoms with Gasteiger partial charge in [0.05, 0.1) is 5.41 Å². The number of hydrogen-bond donors (Lipinski definition) is 0. The number of ether oxygens (including phenoxy) is 1. The average molecular weight is 487 g/mol. The van der Waals surface area contributed by atoms with E-state index in [2.05, 4.69) is 9.80 Å². The van der Waals surface area contributed by atoms with Crippen molar-refractivity contribution in [3.63, 3.8) is 0 Å². The molecule has 4 saturated heterocycles. The maximum absolute atomic E-state index is 13.2. The van der Waals surface area contributed by atoms with Crippen molar-refractivity contribution in [2.45, 2.75) is 51.2 Å². The number of cyclic esters (lactones) is 1. The summed E-state index contributed by atoms with van der Waals surface area (Å²) >= 11 is 0. The van der Waals surface area contributed by atoms with Gasteiger partial charge in [-0.25, -0.2) is 4.39 Å². The molecular formula is C26H35FN4O4. The van der Waals surface area contributed by atoms with Gasteiger partial charge in [0.1, 0.15) is 18.0 Å². The van der Waals surface area contributed by atoms with Crippen LogP contribution in [0.5, 0.6) is 0 Å². The zero-order valence-corrected chi connectivity index (χ0v) is 20.5. The summed E-state index contributed by atoms with van der Waals surface area (Å²) in [7, 11) is 0. The second kappa shape index (κ2) is 9.76. The normalized spacial score (nSPS) is 26.6. The van der Waals surface area contributed by atoms with Crippen LogP contribution < -0.4 is 4.90 Å². The second-order valence-electron chi connectivity index (χ2n) is 10.4. The van der Waals surface area contributed by atoms with Crippen molar-refractivity contribution < 1.29 is 23.5 Å². The number of piperazine rings is 1. The SMILES string of the molecule is CC(=O)N1CC[C@@H]1C(=O)N1CCC2(CC1)C[C@H](CCN1CCN(c3ccc(F)cc3)CC1)OC2=O. The quantitative estimate of drug-likeness (QED) is 0.592. The molecule has 0 aliphatic carbocycles. The van der Waals surface area contributed by atoms with Gasteiger partial charge in [0, 0.05) is 71.4 Å². The summed E-state index contributed by atoms with van der Waals surface area (Å²) in [5, 5.41) is 0. The molecule has 8 nitrogen and oxygen atoms in total. The molecular weight excluding hydrogens is 451 g/mol. The van der Waals surface area contributed by atoms with Crippen LogP contribution in [-0.4, -0.2) is 97.0 Å². The number of piperidine rings is 1. The third-order valence-corrected chi connectivity index (χ3v) is 8.40. The molecule has 0 unspecified atom stereocenters. The highest BCUT2D eigenvalue weighted by Crippen LogP contribution is 2.44. The van der Waals surface area contributed by atoms with Gasteiger partial charge in [0.2, 0.25) is 11.8 Å². The lowest BCUT2D eigenvalue weighted by atomic mass is 9.75. The summed E-state index contributed by atoms with van der Waals surface area (Å²) in [6.45, 7) is 7.79. The topological polar surface area (TPSA) is 73.4 Å². The lowest BCUT2D eigenvalue weighted by Gasteiger charge is -2.44. The Hall–Kier alpha value is -2.68. The molecule has 1 aromatic carbocycles. The van der Waals surface area contributed by atoms with Crippen LogP contribution in [0.1, 0.15) is 39.0 Å². The molecule has 4 aliphatic rings. The van der Waals surface area contributed by atoms with E-state index in [1.165, 1.54) is 19.1 Å². The maximum atomic E-state index is 13.2. The Bertz CT molecular complexity index is 955. The summed E-state index contributed by atoms with van der Waals surface area (Å²) in [6, 6.07) is 6.33. The lowest BCUT2D eigenvalue weighted by Crippen LogP contribution is -2.60. The highest BCUT2D eigenvalue weighted by Gasteiger charge is 2.51. The van der Waals surface area contributed by atoms with Crippen LogP contribution in [0.2, 0.25) is 0 Å². The first-order valence-electron chi connectivity index (χ1n) is 12.8. The van der Waals surface area contributed by atoms with Gasteiger partial charge in [-0.05, 0) is 49.9 Å². The van der Waals surface area contributed by atoms with Crippen LogP contribution in [0.3, 0.4) is 0 Å². The van der Waals surface area contributed by atoms with Gasteiger partial charge in [0.15, 0.2) is 0 Å². The van der Waals surface area contributed by atoms with E-state index in [9.17, 15) is 18.8 Å². The number of hydrogen-bond acceptors (Lipinski definition) is 6. The van der Waals surface area contributed by atoms with E-state index in [1.54, 1.807) is 4.90 Å². The molecule has 0 bridgehead atoms. The van der Waals surface area contributed by atoms with Gasteiger partial charge in [-0.1, -0.05) is 0 Å². The second-order valence-corrected chi connectivity index (χ2v) is 10.4. The van der Waals surface area contributed by atoms with Crippen LogP contribution >= 0.6 is 0 Å². The van der Waals surface area contributed by atoms with Crippen molar-refractivity contribution in [1.29, 1.82) is 0 Å². The minimum Gasteiger partial charge on any atom is -0.462 e. The molecule has 4 heterocycles. The zero-order chi connectivity index (χ0) is 24.6. The van der Waals surface area contributed by atoms with Crippen molar-refractivity contribution in [3.8, 4) is 0 Å². The lowest BCUT2D eigenvalue weighted by molar-refractivity contribution is -0.156. The molecule has 5 rings (SSSR count). The third-order valence-electron chi connectivity index (χ3n) is 8.40. The first-order chi connectivity index (χ1) is 16.8. The monoisotopic (exact) mass is 486 g/mol. The predicted molar refractivity (Wildman–Crippen MR) is 128 cm³/mol. The molecule has 1 spiro atoms. The van der Waals surface area contributed by atoms with Crippen LogP contribution in [0.4, 0.5) is 10.1 Å². The fourth-order valence-electron chi connectivity index (χ4n) is 6.00. The van der Waals surface area contributed by atoms with Crippen molar-refractivity contribution in [1.82, 2.24) is 14.7 Å². The number of halogens is 1. The van der Waals surface area contributed by atoms with Gasteiger partial charge >= 0.3 is 5.97 Å². The number of rotatable bonds is 5. The fourth-order valence-corrected chi connectivity index (χ4v) is 6.00. The maximum Gasteiger partial charge on any atom is 0.312 e. The summed E-state index contributed by atoms with van der Waals surface area (Å²) in [4.78, 5) is 45.5. The van der Waals surface area contributed by atoms with Crippen molar-refractivity contribution in [3.05, 3.63) is 30.1 Å². The molecule has 1 aromatic rings. The van der Waals surface area contributed by atoms with E-state index in [0.29, 0.717) is 32.5 Å². The molecule has 0 radical (unpaired) electrons. The number of likely N-dealkylation sites (tertiary alicyclic amines) is 2. The third kappa shape index (κ3) is 4.87. The summed E-state index contributed by atoms with van der Waals surface area (Å²) in [6.07, 6.45) is 3.48. The van der Waals surface area contributed by atoms with Crippen molar-refractivity contribution in [2.75, 3.05) is 57.3 Å². The minimum absolute atomic E-state index is 0.0176. The summed E-state index contributed by atoms with van der Waals surface area (Å²) in [5.74, 6) is -0.359. The highest BCUT2D eigenvalue weighted by atomic mass is 19.1. The first-order valence-corrected chi connectivity index (χ1v) is 12.8. The Morgan fingerprint density at radius 1 is 1.03 bits per heavy atom. The Balaban J connectivity index is 1.06. The van der Waals surface area contributed by atoms with E-state index >= 15 is 0 Å². The minimum atomic E-state index is -0.470. The predicted octanol–water partition coefficient (Wildman–Crippen LogP) is 1.88. The Kier molecular flexibility index (Phi) is 6.70. The average Bonchev–Trinajstić information content (AvgIpc) is 3.12. The number of carbonyl (C=O) groups excluding carboxylic acids is 3. The van der Waals surface area contributed by atoms with Gasteiger partial charge in [-0.15, -0.1) is 0 Å². The Morgan fingerprint density at radius 2 is 1.71 bits per heavy atom. The van der Waals surface area contributed by atoms with Gasteiger partial charge < -0.3 is 19.4 Å². The van der Waals surface area contributed by atoms with Crippen LogP contribution in [-0.2, 0) is 19.1 Å². The number of benzene rings is 1. The number of anilines is 1. The van der Waals surface area contributed by atoms with Gasteiger partial charge in [0.25, 0.3) is 0 Å². The highest BCUT2D eigenvalue weighted by molar-refractivity contribution is 5.89. The number of esters is 1. The largest absolute Gasteiger partial charge is 0.462 e. The van der Waals surface area contributed by atoms with Gasteiger partial charge in [-0.2, -0.15) is 0 Å². The molecule has 2 amide bonds. The molecule has 4 aliphatic heterocycles. The van der Waals surface area contributed by atoms with E-state index in [0.717, 1.165) is 57.7 Å². The molecule has 0 aromatic heterocycles. The van der Waals surface area contributed by atoms with Crippen LogP contribution in [0, 0.1) is 11.2 Å². The van der Waals surface area contributed by atoms with Crippen LogP contribution in [0.15, 0.2) is 24.3 Å².